The standard InChI is InChI=1S/C9H9BrN4O3/c1-14(4-5-2-3-6(10)16-5)9(15)7-8(11)13-17-12-7/h2-3H,4H2,1H3,(H2,11,13). The Morgan fingerprint density at radius 2 is 2.29 bits per heavy atom. The van der Waals surface area contributed by atoms with Crippen LogP contribution in [0.5, 0.6) is 0 Å². The minimum atomic E-state index is -0.378. The summed E-state index contributed by atoms with van der Waals surface area (Å²) in [5.41, 5.74) is 5.43. The molecule has 0 atom stereocenters. The fourth-order valence-electron chi connectivity index (χ4n) is 1.27. The average molecular weight is 301 g/mol. The van der Waals surface area contributed by atoms with Gasteiger partial charge in [0.1, 0.15) is 5.76 Å². The van der Waals surface area contributed by atoms with Gasteiger partial charge in [0.15, 0.2) is 4.67 Å². The number of nitrogen functional groups attached to an aromatic ring is 1. The first-order valence-electron chi connectivity index (χ1n) is 4.65. The number of anilines is 1. The van der Waals surface area contributed by atoms with Crippen molar-refractivity contribution in [3.8, 4) is 0 Å². The maximum Gasteiger partial charge on any atom is 0.280 e. The minimum Gasteiger partial charge on any atom is -0.452 e. The topological polar surface area (TPSA) is 98.4 Å². The predicted octanol–water partition coefficient (Wildman–Crippen LogP) is 1.28. The van der Waals surface area contributed by atoms with E-state index in [1.807, 2.05) is 0 Å². The summed E-state index contributed by atoms with van der Waals surface area (Å²) < 4.78 is 10.3. The molecule has 0 spiro atoms. The lowest BCUT2D eigenvalue weighted by Crippen LogP contribution is -2.27. The van der Waals surface area contributed by atoms with Crippen LogP contribution in [-0.2, 0) is 6.54 Å². The van der Waals surface area contributed by atoms with Gasteiger partial charge < -0.3 is 15.1 Å². The van der Waals surface area contributed by atoms with Crippen molar-refractivity contribution in [3.63, 3.8) is 0 Å². The Balaban J connectivity index is 2.08. The van der Waals surface area contributed by atoms with Crippen molar-refractivity contribution in [2.75, 3.05) is 12.8 Å². The molecular formula is C9H9BrN4O3. The van der Waals surface area contributed by atoms with Gasteiger partial charge in [-0.3, -0.25) is 4.79 Å². The van der Waals surface area contributed by atoms with E-state index in [-0.39, 0.29) is 17.4 Å². The van der Waals surface area contributed by atoms with Gasteiger partial charge in [0, 0.05) is 7.05 Å². The molecule has 90 valence electrons. The molecule has 0 aliphatic heterocycles. The van der Waals surface area contributed by atoms with Crippen molar-refractivity contribution in [2.24, 2.45) is 0 Å². The van der Waals surface area contributed by atoms with Gasteiger partial charge in [0.2, 0.25) is 11.5 Å². The Bertz CT molecular complexity index is 536. The van der Waals surface area contributed by atoms with Crippen molar-refractivity contribution >= 4 is 27.7 Å². The Morgan fingerprint density at radius 1 is 1.53 bits per heavy atom. The lowest BCUT2D eigenvalue weighted by Gasteiger charge is -2.13. The molecule has 0 bridgehead atoms. The van der Waals surface area contributed by atoms with E-state index in [1.165, 1.54) is 4.90 Å². The summed E-state index contributed by atoms with van der Waals surface area (Å²) in [6.45, 7) is 0.302. The highest BCUT2D eigenvalue weighted by molar-refractivity contribution is 9.10. The third kappa shape index (κ3) is 2.47. The van der Waals surface area contributed by atoms with E-state index in [0.717, 1.165) is 0 Å². The number of carbonyl (C=O) groups is 1. The number of halogens is 1. The molecule has 17 heavy (non-hydrogen) atoms. The van der Waals surface area contributed by atoms with Gasteiger partial charge in [0.05, 0.1) is 6.54 Å². The summed E-state index contributed by atoms with van der Waals surface area (Å²) in [5, 5.41) is 6.79. The van der Waals surface area contributed by atoms with E-state index in [9.17, 15) is 4.79 Å². The SMILES string of the molecule is CN(Cc1ccc(Br)o1)C(=O)c1nonc1N. The molecule has 2 aromatic rings. The normalized spacial score (nSPS) is 10.5. The van der Waals surface area contributed by atoms with Gasteiger partial charge in [0.25, 0.3) is 5.91 Å². The van der Waals surface area contributed by atoms with Crippen molar-refractivity contribution in [2.45, 2.75) is 6.54 Å². The highest BCUT2D eigenvalue weighted by Gasteiger charge is 2.20. The van der Waals surface area contributed by atoms with Gasteiger partial charge in [-0.05, 0) is 38.4 Å². The number of hydrogen-bond acceptors (Lipinski definition) is 6. The zero-order chi connectivity index (χ0) is 12.4. The largest absolute Gasteiger partial charge is 0.452 e. The third-order valence-corrected chi connectivity index (χ3v) is 2.51. The molecule has 1 amide bonds. The fraction of sp³-hybridized carbons (Fsp3) is 0.222. The molecule has 8 heteroatoms. The zero-order valence-corrected chi connectivity index (χ0v) is 10.5. The first-order chi connectivity index (χ1) is 8.08. The van der Waals surface area contributed by atoms with E-state index in [0.29, 0.717) is 17.0 Å². The lowest BCUT2D eigenvalue weighted by atomic mass is 10.3. The summed E-state index contributed by atoms with van der Waals surface area (Å²) in [5.74, 6) is 0.237. The van der Waals surface area contributed by atoms with Crippen LogP contribution in [0.15, 0.2) is 25.8 Å². The summed E-state index contributed by atoms with van der Waals surface area (Å²) >= 11 is 3.18. The second-order valence-electron chi connectivity index (χ2n) is 3.37. The second kappa shape index (κ2) is 4.58. The number of nitrogens with two attached hydrogens (primary N) is 1. The molecule has 2 aromatic heterocycles. The first-order valence-corrected chi connectivity index (χ1v) is 5.45. The maximum absolute atomic E-state index is 11.9. The molecule has 0 aromatic carbocycles. The zero-order valence-electron chi connectivity index (χ0n) is 8.88. The van der Waals surface area contributed by atoms with Crippen LogP contribution in [0.3, 0.4) is 0 Å². The van der Waals surface area contributed by atoms with Crippen LogP contribution in [0.25, 0.3) is 0 Å². The van der Waals surface area contributed by atoms with Gasteiger partial charge in [-0.1, -0.05) is 0 Å². The Morgan fingerprint density at radius 3 is 2.82 bits per heavy atom. The molecule has 0 aliphatic rings. The van der Waals surface area contributed by atoms with Crippen LogP contribution >= 0.6 is 15.9 Å². The number of rotatable bonds is 3. The van der Waals surface area contributed by atoms with Gasteiger partial charge >= 0.3 is 0 Å². The van der Waals surface area contributed by atoms with Gasteiger partial charge in [-0.25, -0.2) is 4.63 Å². The molecule has 0 aliphatic carbocycles. The third-order valence-electron chi connectivity index (χ3n) is 2.09. The first kappa shape index (κ1) is 11.6. The van der Waals surface area contributed by atoms with Crippen molar-refractivity contribution in [1.29, 1.82) is 0 Å². The Kier molecular flexibility index (Phi) is 3.14. The molecule has 0 unspecified atom stereocenters. The number of hydrogen-bond donors (Lipinski definition) is 1. The summed E-state index contributed by atoms with van der Waals surface area (Å²) in [6.07, 6.45) is 0. The smallest absolute Gasteiger partial charge is 0.280 e. The number of nitrogens with zero attached hydrogens (tertiary/aromatic N) is 3. The van der Waals surface area contributed by atoms with Crippen LogP contribution < -0.4 is 5.73 Å². The summed E-state index contributed by atoms with van der Waals surface area (Å²) in [7, 11) is 1.60. The Labute approximate surface area is 105 Å². The van der Waals surface area contributed by atoms with Crippen LogP contribution in [0.2, 0.25) is 0 Å². The van der Waals surface area contributed by atoms with Crippen molar-refractivity contribution in [3.05, 3.63) is 28.3 Å². The monoisotopic (exact) mass is 300 g/mol. The predicted molar refractivity (Wildman–Crippen MR) is 60.9 cm³/mol. The highest BCUT2D eigenvalue weighted by atomic mass is 79.9. The molecule has 2 rings (SSSR count). The Hall–Kier alpha value is -1.83. The van der Waals surface area contributed by atoms with E-state index >= 15 is 0 Å². The molecule has 2 heterocycles. The molecule has 7 nitrogen and oxygen atoms in total. The van der Waals surface area contributed by atoms with Gasteiger partial charge in [-0.15, -0.1) is 0 Å². The van der Waals surface area contributed by atoms with E-state index in [4.69, 9.17) is 10.2 Å². The molecule has 0 radical (unpaired) electrons. The molecule has 0 fully saturated rings. The van der Waals surface area contributed by atoms with Crippen LogP contribution in [0.1, 0.15) is 16.2 Å². The lowest BCUT2D eigenvalue weighted by molar-refractivity contribution is 0.0764. The average Bonchev–Trinajstić information content (AvgIpc) is 2.86. The molecule has 2 N–H and O–H groups in total. The molecule has 0 saturated carbocycles. The quantitative estimate of drug-likeness (QED) is 0.917. The van der Waals surface area contributed by atoms with Crippen LogP contribution in [-0.4, -0.2) is 28.2 Å². The second-order valence-corrected chi connectivity index (χ2v) is 4.15. The minimum absolute atomic E-state index is 0.00174. The van der Waals surface area contributed by atoms with Crippen LogP contribution in [0.4, 0.5) is 5.82 Å². The van der Waals surface area contributed by atoms with E-state index in [2.05, 4.69) is 30.9 Å². The van der Waals surface area contributed by atoms with Crippen LogP contribution in [0, 0.1) is 0 Å². The van der Waals surface area contributed by atoms with E-state index in [1.54, 1.807) is 19.2 Å². The number of aromatic nitrogens is 2. The number of furan rings is 1. The van der Waals surface area contributed by atoms with Gasteiger partial charge in [-0.2, -0.15) is 0 Å². The maximum atomic E-state index is 11.9. The van der Waals surface area contributed by atoms with Crippen molar-refractivity contribution in [1.82, 2.24) is 15.2 Å². The van der Waals surface area contributed by atoms with Crippen molar-refractivity contribution < 1.29 is 13.8 Å². The highest BCUT2D eigenvalue weighted by Crippen LogP contribution is 2.16. The van der Waals surface area contributed by atoms with E-state index < -0.39 is 0 Å². The number of amides is 1. The molecular weight excluding hydrogens is 292 g/mol. The summed E-state index contributed by atoms with van der Waals surface area (Å²) in [4.78, 5) is 13.3. The molecule has 0 saturated heterocycles. The fourth-order valence-corrected chi connectivity index (χ4v) is 1.61. The summed E-state index contributed by atoms with van der Waals surface area (Å²) in [6, 6.07) is 3.51. The number of carbonyl (C=O) groups excluding carboxylic acids is 1.